The first-order valence-corrected chi connectivity index (χ1v) is 6.39. The summed E-state index contributed by atoms with van der Waals surface area (Å²) in [6.45, 7) is 2.82. The van der Waals surface area contributed by atoms with Gasteiger partial charge < -0.3 is 15.5 Å². The molecule has 0 radical (unpaired) electrons. The van der Waals surface area contributed by atoms with Crippen molar-refractivity contribution >= 4 is 17.7 Å². The lowest BCUT2D eigenvalue weighted by molar-refractivity contribution is -0.129. The maximum atomic E-state index is 11.8. The van der Waals surface area contributed by atoms with E-state index in [0.29, 0.717) is 32.1 Å². The lowest BCUT2D eigenvalue weighted by Gasteiger charge is -2.15. The maximum absolute atomic E-state index is 11.8. The van der Waals surface area contributed by atoms with Crippen LogP contribution in [-0.4, -0.2) is 48.3 Å². The first kappa shape index (κ1) is 12.9. The Bertz CT molecular complexity index is 366. The van der Waals surface area contributed by atoms with Gasteiger partial charge in [-0.2, -0.15) is 0 Å². The lowest BCUT2D eigenvalue weighted by atomic mass is 10.1. The molecule has 0 aromatic heterocycles. The van der Waals surface area contributed by atoms with Gasteiger partial charge in [-0.3, -0.25) is 14.4 Å². The zero-order valence-corrected chi connectivity index (χ0v) is 10.6. The molecule has 3 amide bonds. The van der Waals surface area contributed by atoms with Gasteiger partial charge >= 0.3 is 0 Å². The number of likely N-dealkylation sites (tertiary alicyclic amines) is 1. The molecule has 2 rings (SSSR count). The molecule has 1 saturated heterocycles. The Balaban J connectivity index is 1.70. The summed E-state index contributed by atoms with van der Waals surface area (Å²) in [5.74, 6) is -0.327. The number of carbonyl (C=O) groups is 3. The number of amides is 3. The van der Waals surface area contributed by atoms with E-state index in [1.165, 1.54) is 6.92 Å². The van der Waals surface area contributed by atoms with Crippen LogP contribution in [0.2, 0.25) is 0 Å². The summed E-state index contributed by atoms with van der Waals surface area (Å²) >= 11 is 0. The Labute approximate surface area is 106 Å². The zero-order valence-electron chi connectivity index (χ0n) is 10.6. The van der Waals surface area contributed by atoms with Crippen LogP contribution in [0.5, 0.6) is 0 Å². The standard InChI is InChI=1S/C12H19N3O3/c1-8(16)13-4-5-14-12(18)9-6-11(17)15(7-9)10-2-3-10/h9-10H,2-7H2,1H3,(H,13,16)(H,14,18). The Morgan fingerprint density at radius 1 is 1.28 bits per heavy atom. The molecule has 0 aromatic rings. The predicted molar refractivity (Wildman–Crippen MR) is 64.5 cm³/mol. The highest BCUT2D eigenvalue weighted by molar-refractivity contribution is 5.89. The highest BCUT2D eigenvalue weighted by atomic mass is 16.2. The predicted octanol–water partition coefficient (Wildman–Crippen LogP) is -0.750. The maximum Gasteiger partial charge on any atom is 0.225 e. The lowest BCUT2D eigenvalue weighted by Crippen LogP contribution is -2.38. The molecule has 1 saturated carbocycles. The molecule has 1 unspecified atom stereocenters. The minimum Gasteiger partial charge on any atom is -0.355 e. The van der Waals surface area contributed by atoms with Gasteiger partial charge in [-0.15, -0.1) is 0 Å². The summed E-state index contributed by atoms with van der Waals surface area (Å²) < 4.78 is 0. The molecular weight excluding hydrogens is 234 g/mol. The van der Waals surface area contributed by atoms with Gasteiger partial charge in [-0.25, -0.2) is 0 Å². The van der Waals surface area contributed by atoms with Gasteiger partial charge in [0.1, 0.15) is 0 Å². The summed E-state index contributed by atoms with van der Waals surface area (Å²) in [6, 6.07) is 0.384. The Hall–Kier alpha value is -1.59. The molecule has 2 aliphatic rings. The first-order valence-electron chi connectivity index (χ1n) is 6.39. The topological polar surface area (TPSA) is 78.5 Å². The molecule has 6 heteroatoms. The van der Waals surface area contributed by atoms with Crippen LogP contribution in [0, 0.1) is 5.92 Å². The highest BCUT2D eigenvalue weighted by Gasteiger charge is 2.41. The second-order valence-electron chi connectivity index (χ2n) is 4.95. The molecule has 1 aliphatic heterocycles. The third kappa shape index (κ3) is 3.21. The average Bonchev–Trinajstić information content (AvgIpc) is 3.08. The molecule has 1 heterocycles. The van der Waals surface area contributed by atoms with Gasteiger partial charge in [0.05, 0.1) is 5.92 Å². The molecule has 0 spiro atoms. The van der Waals surface area contributed by atoms with Gasteiger partial charge in [0.2, 0.25) is 17.7 Å². The summed E-state index contributed by atoms with van der Waals surface area (Å²) in [4.78, 5) is 36.0. The molecule has 0 bridgehead atoms. The van der Waals surface area contributed by atoms with Crippen LogP contribution in [0.4, 0.5) is 0 Å². The van der Waals surface area contributed by atoms with E-state index in [2.05, 4.69) is 10.6 Å². The van der Waals surface area contributed by atoms with E-state index < -0.39 is 0 Å². The zero-order chi connectivity index (χ0) is 13.1. The van der Waals surface area contributed by atoms with Crippen LogP contribution in [0.15, 0.2) is 0 Å². The quantitative estimate of drug-likeness (QED) is 0.633. The molecule has 100 valence electrons. The van der Waals surface area contributed by atoms with Crippen molar-refractivity contribution in [1.29, 1.82) is 0 Å². The molecule has 6 nitrogen and oxygen atoms in total. The van der Waals surface area contributed by atoms with Crippen LogP contribution in [0.25, 0.3) is 0 Å². The van der Waals surface area contributed by atoms with E-state index in [1.54, 1.807) is 0 Å². The SMILES string of the molecule is CC(=O)NCCNC(=O)C1CC(=O)N(C2CC2)C1. The van der Waals surface area contributed by atoms with Crippen molar-refractivity contribution in [1.82, 2.24) is 15.5 Å². The molecule has 18 heavy (non-hydrogen) atoms. The van der Waals surface area contributed by atoms with Crippen molar-refractivity contribution in [3.63, 3.8) is 0 Å². The van der Waals surface area contributed by atoms with Gasteiger partial charge in [0, 0.05) is 39.0 Å². The van der Waals surface area contributed by atoms with Gasteiger partial charge in [-0.1, -0.05) is 0 Å². The number of nitrogens with one attached hydrogen (secondary N) is 2. The largest absolute Gasteiger partial charge is 0.355 e. The second-order valence-corrected chi connectivity index (χ2v) is 4.95. The average molecular weight is 253 g/mol. The molecule has 2 N–H and O–H groups in total. The second kappa shape index (κ2) is 5.37. The first-order chi connectivity index (χ1) is 8.58. The molecule has 1 atom stereocenters. The summed E-state index contributed by atoms with van der Waals surface area (Å²) in [5, 5.41) is 5.35. The fraction of sp³-hybridized carbons (Fsp3) is 0.750. The van der Waals surface area contributed by atoms with E-state index in [9.17, 15) is 14.4 Å². The monoisotopic (exact) mass is 253 g/mol. The summed E-state index contributed by atoms with van der Waals surface area (Å²) in [7, 11) is 0. The van der Waals surface area contributed by atoms with Crippen LogP contribution in [-0.2, 0) is 14.4 Å². The van der Waals surface area contributed by atoms with E-state index in [-0.39, 0.29) is 23.6 Å². The molecular formula is C12H19N3O3. The smallest absolute Gasteiger partial charge is 0.225 e. The van der Waals surface area contributed by atoms with Crippen molar-refractivity contribution in [3.05, 3.63) is 0 Å². The fourth-order valence-corrected chi connectivity index (χ4v) is 2.21. The van der Waals surface area contributed by atoms with Crippen LogP contribution >= 0.6 is 0 Å². The fourth-order valence-electron chi connectivity index (χ4n) is 2.21. The van der Waals surface area contributed by atoms with Crippen LogP contribution in [0.3, 0.4) is 0 Å². The van der Waals surface area contributed by atoms with Crippen molar-refractivity contribution < 1.29 is 14.4 Å². The minimum absolute atomic E-state index is 0.0862. The third-order valence-electron chi connectivity index (χ3n) is 3.32. The Morgan fingerprint density at radius 2 is 1.94 bits per heavy atom. The molecule has 0 aromatic carbocycles. The molecule has 1 aliphatic carbocycles. The van der Waals surface area contributed by atoms with E-state index in [1.807, 2.05) is 4.90 Å². The van der Waals surface area contributed by atoms with Crippen molar-refractivity contribution in [2.24, 2.45) is 5.92 Å². The number of hydrogen-bond acceptors (Lipinski definition) is 3. The van der Waals surface area contributed by atoms with Gasteiger partial charge in [-0.05, 0) is 12.8 Å². The van der Waals surface area contributed by atoms with E-state index >= 15 is 0 Å². The van der Waals surface area contributed by atoms with E-state index in [4.69, 9.17) is 0 Å². The van der Waals surface area contributed by atoms with Crippen LogP contribution in [0.1, 0.15) is 26.2 Å². The number of hydrogen-bond donors (Lipinski definition) is 2. The number of rotatable bonds is 5. The summed E-state index contributed by atoms with van der Waals surface area (Å²) in [5.41, 5.74) is 0. The number of carbonyl (C=O) groups excluding carboxylic acids is 3. The minimum atomic E-state index is -0.226. The third-order valence-corrected chi connectivity index (χ3v) is 3.32. The normalized spacial score (nSPS) is 23.1. The highest BCUT2D eigenvalue weighted by Crippen LogP contribution is 2.32. The molecule has 2 fully saturated rings. The Kier molecular flexibility index (Phi) is 3.84. The van der Waals surface area contributed by atoms with Crippen LogP contribution < -0.4 is 10.6 Å². The van der Waals surface area contributed by atoms with E-state index in [0.717, 1.165) is 12.8 Å². The Morgan fingerprint density at radius 3 is 2.56 bits per heavy atom. The van der Waals surface area contributed by atoms with Crippen molar-refractivity contribution in [3.8, 4) is 0 Å². The van der Waals surface area contributed by atoms with Gasteiger partial charge in [0.25, 0.3) is 0 Å². The van der Waals surface area contributed by atoms with Crippen molar-refractivity contribution in [2.45, 2.75) is 32.2 Å². The van der Waals surface area contributed by atoms with Crippen molar-refractivity contribution in [2.75, 3.05) is 19.6 Å². The van der Waals surface area contributed by atoms with Gasteiger partial charge in [0.15, 0.2) is 0 Å². The summed E-state index contributed by atoms with van der Waals surface area (Å²) in [6.07, 6.45) is 2.47. The number of nitrogens with zero attached hydrogens (tertiary/aromatic N) is 1.